The predicted molar refractivity (Wildman–Crippen MR) is 68.3 cm³/mol. The van der Waals surface area contributed by atoms with E-state index in [4.69, 9.17) is 9.26 Å². The molecule has 18 heavy (non-hydrogen) atoms. The van der Waals surface area contributed by atoms with Crippen LogP contribution in [0.4, 0.5) is 0 Å². The summed E-state index contributed by atoms with van der Waals surface area (Å²) in [6.45, 7) is 4.75. The van der Waals surface area contributed by atoms with Crippen molar-refractivity contribution in [2.24, 2.45) is 0 Å². The smallest absolute Gasteiger partial charge is 0.258 e. The van der Waals surface area contributed by atoms with Crippen LogP contribution in [-0.4, -0.2) is 23.3 Å². The van der Waals surface area contributed by atoms with Crippen LogP contribution in [0.15, 0.2) is 28.8 Å². The molecule has 1 heterocycles. The lowest BCUT2D eigenvalue weighted by Gasteiger charge is -2.03. The van der Waals surface area contributed by atoms with Crippen LogP contribution in [0, 0.1) is 0 Å². The van der Waals surface area contributed by atoms with E-state index in [0.29, 0.717) is 24.3 Å². The standard InChI is InChI=1S/C13H17N3O2/c1-9(2)14-8-12-15-13(18-16-12)10-5-4-6-11(7-10)17-3/h4-7,9,14H,8H2,1-3H3. The summed E-state index contributed by atoms with van der Waals surface area (Å²) in [7, 11) is 1.63. The maximum Gasteiger partial charge on any atom is 0.258 e. The maximum atomic E-state index is 5.23. The van der Waals surface area contributed by atoms with Crippen molar-refractivity contribution in [2.45, 2.75) is 26.4 Å². The SMILES string of the molecule is COc1cccc(-c2nc(CNC(C)C)no2)c1. The molecule has 1 N–H and O–H groups in total. The first kappa shape index (κ1) is 12.6. The molecule has 0 fully saturated rings. The van der Waals surface area contributed by atoms with Gasteiger partial charge in [-0.15, -0.1) is 0 Å². The minimum Gasteiger partial charge on any atom is -0.497 e. The van der Waals surface area contributed by atoms with E-state index in [9.17, 15) is 0 Å². The molecule has 0 amide bonds. The zero-order valence-electron chi connectivity index (χ0n) is 10.8. The van der Waals surface area contributed by atoms with E-state index in [2.05, 4.69) is 29.3 Å². The van der Waals surface area contributed by atoms with Crippen LogP contribution >= 0.6 is 0 Å². The van der Waals surface area contributed by atoms with E-state index >= 15 is 0 Å². The van der Waals surface area contributed by atoms with E-state index in [1.165, 1.54) is 0 Å². The fourth-order valence-corrected chi connectivity index (χ4v) is 1.49. The summed E-state index contributed by atoms with van der Waals surface area (Å²) in [5.74, 6) is 1.93. The number of hydrogen-bond donors (Lipinski definition) is 1. The lowest BCUT2D eigenvalue weighted by molar-refractivity contribution is 0.410. The van der Waals surface area contributed by atoms with Crippen molar-refractivity contribution in [3.05, 3.63) is 30.1 Å². The monoisotopic (exact) mass is 247 g/mol. The molecule has 0 spiro atoms. The molecule has 0 aliphatic heterocycles. The first-order valence-corrected chi connectivity index (χ1v) is 5.89. The second kappa shape index (κ2) is 5.64. The Morgan fingerprint density at radius 2 is 2.22 bits per heavy atom. The molecule has 0 saturated carbocycles. The molecule has 0 aliphatic rings. The van der Waals surface area contributed by atoms with Crippen LogP contribution in [0.25, 0.3) is 11.5 Å². The third-order valence-corrected chi connectivity index (χ3v) is 2.45. The van der Waals surface area contributed by atoms with Gasteiger partial charge in [0.25, 0.3) is 5.89 Å². The lowest BCUT2D eigenvalue weighted by atomic mass is 10.2. The number of ether oxygens (including phenoxy) is 1. The van der Waals surface area contributed by atoms with Gasteiger partial charge in [0.15, 0.2) is 5.82 Å². The second-order valence-corrected chi connectivity index (χ2v) is 4.28. The number of nitrogens with one attached hydrogen (secondary N) is 1. The molecule has 5 nitrogen and oxygen atoms in total. The van der Waals surface area contributed by atoms with E-state index < -0.39 is 0 Å². The minimum atomic E-state index is 0.392. The summed E-state index contributed by atoms with van der Waals surface area (Å²) in [6.07, 6.45) is 0. The predicted octanol–water partition coefficient (Wildman–Crippen LogP) is 2.24. The fourth-order valence-electron chi connectivity index (χ4n) is 1.49. The average molecular weight is 247 g/mol. The van der Waals surface area contributed by atoms with E-state index in [0.717, 1.165) is 11.3 Å². The molecule has 0 bridgehead atoms. The normalized spacial score (nSPS) is 10.9. The second-order valence-electron chi connectivity index (χ2n) is 4.28. The number of hydrogen-bond acceptors (Lipinski definition) is 5. The zero-order chi connectivity index (χ0) is 13.0. The Kier molecular flexibility index (Phi) is 3.94. The van der Waals surface area contributed by atoms with Crippen LogP contribution in [0.5, 0.6) is 5.75 Å². The molecule has 96 valence electrons. The van der Waals surface area contributed by atoms with Gasteiger partial charge in [0.2, 0.25) is 0 Å². The van der Waals surface area contributed by atoms with Crippen molar-refractivity contribution in [3.63, 3.8) is 0 Å². The zero-order valence-corrected chi connectivity index (χ0v) is 10.8. The Hall–Kier alpha value is -1.88. The summed E-state index contributed by atoms with van der Waals surface area (Å²) < 4.78 is 10.4. The van der Waals surface area contributed by atoms with Gasteiger partial charge < -0.3 is 14.6 Å². The molecule has 0 aliphatic carbocycles. The molecule has 1 aromatic carbocycles. The molecule has 0 atom stereocenters. The van der Waals surface area contributed by atoms with Gasteiger partial charge in [-0.05, 0) is 18.2 Å². The first-order chi connectivity index (χ1) is 8.69. The van der Waals surface area contributed by atoms with Gasteiger partial charge >= 0.3 is 0 Å². The quantitative estimate of drug-likeness (QED) is 0.878. The van der Waals surface area contributed by atoms with Gasteiger partial charge in [0, 0.05) is 11.6 Å². The topological polar surface area (TPSA) is 60.2 Å². The van der Waals surface area contributed by atoms with E-state index in [-0.39, 0.29) is 0 Å². The summed E-state index contributed by atoms with van der Waals surface area (Å²) in [4.78, 5) is 4.33. The van der Waals surface area contributed by atoms with Crippen molar-refractivity contribution in [3.8, 4) is 17.2 Å². The number of methoxy groups -OCH3 is 1. The van der Waals surface area contributed by atoms with Crippen molar-refractivity contribution >= 4 is 0 Å². The fraction of sp³-hybridized carbons (Fsp3) is 0.385. The number of nitrogens with zero attached hydrogens (tertiary/aromatic N) is 2. The van der Waals surface area contributed by atoms with Gasteiger partial charge in [-0.2, -0.15) is 4.98 Å². The van der Waals surface area contributed by atoms with Crippen molar-refractivity contribution in [1.82, 2.24) is 15.5 Å². The third-order valence-electron chi connectivity index (χ3n) is 2.45. The van der Waals surface area contributed by atoms with Crippen molar-refractivity contribution < 1.29 is 9.26 Å². The molecular formula is C13H17N3O2. The van der Waals surface area contributed by atoms with Gasteiger partial charge in [-0.1, -0.05) is 25.1 Å². The Balaban J connectivity index is 2.13. The minimum absolute atomic E-state index is 0.392. The maximum absolute atomic E-state index is 5.23. The van der Waals surface area contributed by atoms with Crippen LogP contribution in [0.3, 0.4) is 0 Å². The Morgan fingerprint density at radius 1 is 1.39 bits per heavy atom. The van der Waals surface area contributed by atoms with Crippen LogP contribution in [-0.2, 0) is 6.54 Å². The van der Waals surface area contributed by atoms with Gasteiger partial charge in [-0.3, -0.25) is 0 Å². The molecular weight excluding hydrogens is 230 g/mol. The molecule has 5 heteroatoms. The molecule has 2 rings (SSSR count). The van der Waals surface area contributed by atoms with Crippen molar-refractivity contribution in [2.75, 3.05) is 7.11 Å². The third kappa shape index (κ3) is 3.07. The summed E-state index contributed by atoms with van der Waals surface area (Å²) in [5.41, 5.74) is 0.859. The van der Waals surface area contributed by atoms with Crippen molar-refractivity contribution in [1.29, 1.82) is 0 Å². The number of benzene rings is 1. The van der Waals surface area contributed by atoms with Crippen LogP contribution < -0.4 is 10.1 Å². The molecule has 0 radical (unpaired) electrons. The summed E-state index contributed by atoms with van der Waals surface area (Å²) in [6, 6.07) is 7.94. The first-order valence-electron chi connectivity index (χ1n) is 5.89. The number of aromatic nitrogens is 2. The molecule has 1 aromatic heterocycles. The molecule has 0 unspecified atom stereocenters. The van der Waals surface area contributed by atoms with Crippen LogP contribution in [0.1, 0.15) is 19.7 Å². The highest BCUT2D eigenvalue weighted by atomic mass is 16.5. The van der Waals surface area contributed by atoms with E-state index in [1.54, 1.807) is 7.11 Å². The summed E-state index contributed by atoms with van der Waals surface area (Å²) in [5, 5.41) is 7.17. The lowest BCUT2D eigenvalue weighted by Crippen LogP contribution is -2.22. The Labute approximate surface area is 106 Å². The molecule has 0 saturated heterocycles. The van der Waals surface area contributed by atoms with Gasteiger partial charge in [0.05, 0.1) is 13.7 Å². The van der Waals surface area contributed by atoms with E-state index in [1.807, 2.05) is 24.3 Å². The van der Waals surface area contributed by atoms with Crippen LogP contribution in [0.2, 0.25) is 0 Å². The summed E-state index contributed by atoms with van der Waals surface area (Å²) >= 11 is 0. The van der Waals surface area contributed by atoms with Gasteiger partial charge in [-0.25, -0.2) is 0 Å². The largest absolute Gasteiger partial charge is 0.497 e. The molecule has 2 aromatic rings. The Bertz CT molecular complexity index is 508. The number of rotatable bonds is 5. The van der Waals surface area contributed by atoms with Gasteiger partial charge in [0.1, 0.15) is 5.75 Å². The highest BCUT2D eigenvalue weighted by Gasteiger charge is 2.09. The highest BCUT2D eigenvalue weighted by molar-refractivity contribution is 5.55. The Morgan fingerprint density at radius 3 is 2.94 bits per heavy atom. The average Bonchev–Trinajstić information content (AvgIpc) is 2.85. The highest BCUT2D eigenvalue weighted by Crippen LogP contribution is 2.21.